The molecular formula is C24H24N4O5S. The number of hydrogen-bond donors (Lipinski definition) is 1. The van der Waals surface area contributed by atoms with Gasteiger partial charge in [0.15, 0.2) is 0 Å². The molecule has 0 saturated carbocycles. The van der Waals surface area contributed by atoms with E-state index in [0.717, 1.165) is 27.5 Å². The van der Waals surface area contributed by atoms with Gasteiger partial charge in [0.1, 0.15) is 0 Å². The minimum absolute atomic E-state index is 0.00550. The van der Waals surface area contributed by atoms with Gasteiger partial charge in [0.2, 0.25) is 5.91 Å². The van der Waals surface area contributed by atoms with Crippen LogP contribution < -0.4 is 5.43 Å². The number of carbonyl (C=O) groups excluding carboxylic acids is 2. The number of ether oxygens (including phenoxy) is 1. The van der Waals surface area contributed by atoms with Crippen molar-refractivity contribution in [3.8, 4) is 5.69 Å². The number of non-ortho nitro benzene ring substituents is 1. The number of rotatable bonds is 9. The van der Waals surface area contributed by atoms with E-state index in [1.807, 2.05) is 36.6 Å². The van der Waals surface area contributed by atoms with Gasteiger partial charge in [-0.15, -0.1) is 11.8 Å². The van der Waals surface area contributed by atoms with Crippen LogP contribution in [0.1, 0.15) is 34.2 Å². The van der Waals surface area contributed by atoms with Gasteiger partial charge in [-0.1, -0.05) is 0 Å². The standard InChI is InChI=1S/C24H24N4O5S/c1-4-33-24(30)18-5-7-20(8-6-18)27-16(2)13-19(17(27)3)14-25-26-23(29)15-34-22-11-9-21(10-12-22)28(31)32/h5-14H,4,15H2,1-3H3,(H,26,29)/b25-14+. The topological polar surface area (TPSA) is 116 Å². The first-order chi connectivity index (χ1) is 16.3. The molecule has 0 unspecified atom stereocenters. The van der Waals surface area contributed by atoms with Crippen LogP contribution in [0.15, 0.2) is 64.6 Å². The molecule has 1 heterocycles. The van der Waals surface area contributed by atoms with Gasteiger partial charge in [-0.2, -0.15) is 5.10 Å². The molecule has 2 aromatic carbocycles. The zero-order valence-electron chi connectivity index (χ0n) is 19.0. The minimum atomic E-state index is -0.467. The van der Waals surface area contributed by atoms with Crippen LogP contribution in [0.25, 0.3) is 5.69 Å². The summed E-state index contributed by atoms with van der Waals surface area (Å²) in [5.41, 5.74) is 6.64. The van der Waals surface area contributed by atoms with Gasteiger partial charge in [-0.05, 0) is 63.2 Å². The second kappa shape index (κ2) is 11.3. The summed E-state index contributed by atoms with van der Waals surface area (Å²) in [6.45, 7) is 6.00. The van der Waals surface area contributed by atoms with Crippen molar-refractivity contribution in [2.45, 2.75) is 25.7 Å². The van der Waals surface area contributed by atoms with Crippen LogP contribution in [-0.4, -0.2) is 39.9 Å². The van der Waals surface area contributed by atoms with Crippen molar-refractivity contribution >= 4 is 35.5 Å². The molecule has 176 valence electrons. The summed E-state index contributed by atoms with van der Waals surface area (Å²) in [5, 5.41) is 14.8. The third-order valence-electron chi connectivity index (χ3n) is 4.92. The lowest BCUT2D eigenvalue weighted by atomic mass is 10.2. The SMILES string of the molecule is CCOC(=O)c1ccc(-n2c(C)cc(/C=N/NC(=O)CSc3ccc([N+](=O)[O-])cc3)c2C)cc1. The summed E-state index contributed by atoms with van der Waals surface area (Å²) in [7, 11) is 0. The highest BCUT2D eigenvalue weighted by atomic mass is 32.2. The van der Waals surface area contributed by atoms with Crippen LogP contribution in [0.3, 0.4) is 0 Å². The zero-order chi connectivity index (χ0) is 24.7. The van der Waals surface area contributed by atoms with Gasteiger partial charge in [0, 0.05) is 39.7 Å². The maximum absolute atomic E-state index is 12.1. The molecule has 3 aromatic rings. The second-order valence-corrected chi connectivity index (χ2v) is 8.31. The van der Waals surface area contributed by atoms with E-state index < -0.39 is 4.92 Å². The summed E-state index contributed by atoms with van der Waals surface area (Å²) >= 11 is 1.26. The van der Waals surface area contributed by atoms with Crippen LogP contribution in [0, 0.1) is 24.0 Å². The Kier molecular flexibility index (Phi) is 8.20. The number of aryl methyl sites for hydroxylation is 1. The smallest absolute Gasteiger partial charge is 0.338 e. The molecule has 0 saturated heterocycles. The summed E-state index contributed by atoms with van der Waals surface area (Å²) in [6.07, 6.45) is 1.58. The summed E-state index contributed by atoms with van der Waals surface area (Å²) in [6, 6.07) is 15.1. The first-order valence-corrected chi connectivity index (χ1v) is 11.4. The Morgan fingerprint density at radius 3 is 2.44 bits per heavy atom. The number of hydrazone groups is 1. The summed E-state index contributed by atoms with van der Waals surface area (Å²) < 4.78 is 7.05. The Labute approximate surface area is 201 Å². The first-order valence-electron chi connectivity index (χ1n) is 10.5. The Hall–Kier alpha value is -3.92. The number of nitro benzene ring substituents is 1. The molecule has 0 fully saturated rings. The van der Waals surface area contributed by atoms with Crippen molar-refractivity contribution in [2.75, 3.05) is 12.4 Å². The fraction of sp³-hybridized carbons (Fsp3) is 0.208. The average Bonchev–Trinajstić information content (AvgIpc) is 3.11. The second-order valence-electron chi connectivity index (χ2n) is 7.26. The van der Waals surface area contributed by atoms with Gasteiger partial charge in [0.25, 0.3) is 5.69 Å². The fourth-order valence-corrected chi connectivity index (χ4v) is 3.99. The molecular weight excluding hydrogens is 456 g/mol. The van der Waals surface area contributed by atoms with Crippen molar-refractivity contribution in [3.05, 3.63) is 87.2 Å². The molecule has 0 spiro atoms. The quantitative estimate of drug-likeness (QED) is 0.159. The predicted octanol–water partition coefficient (Wildman–Crippen LogP) is 4.42. The zero-order valence-corrected chi connectivity index (χ0v) is 19.8. The van der Waals surface area contributed by atoms with Crippen LogP contribution in [0.2, 0.25) is 0 Å². The number of carbonyl (C=O) groups is 2. The molecule has 0 radical (unpaired) electrons. The van der Waals surface area contributed by atoms with Gasteiger partial charge in [-0.25, -0.2) is 10.2 Å². The number of hydrogen-bond acceptors (Lipinski definition) is 7. The number of nitrogens with zero attached hydrogens (tertiary/aromatic N) is 3. The highest BCUT2D eigenvalue weighted by Crippen LogP contribution is 2.22. The van der Waals surface area contributed by atoms with Crippen LogP contribution in [0.5, 0.6) is 0 Å². The molecule has 0 atom stereocenters. The molecule has 1 aromatic heterocycles. The van der Waals surface area contributed by atoms with E-state index >= 15 is 0 Å². The molecule has 0 bridgehead atoms. The van der Waals surface area contributed by atoms with E-state index in [2.05, 4.69) is 10.5 Å². The third-order valence-corrected chi connectivity index (χ3v) is 5.93. The number of esters is 1. The van der Waals surface area contributed by atoms with Crippen molar-refractivity contribution < 1.29 is 19.2 Å². The summed E-state index contributed by atoms with van der Waals surface area (Å²) in [5.74, 6) is -0.519. The van der Waals surface area contributed by atoms with E-state index in [-0.39, 0.29) is 23.3 Å². The van der Waals surface area contributed by atoms with E-state index in [9.17, 15) is 19.7 Å². The number of aromatic nitrogens is 1. The Morgan fingerprint density at radius 1 is 1.15 bits per heavy atom. The fourth-order valence-electron chi connectivity index (χ4n) is 3.30. The lowest BCUT2D eigenvalue weighted by molar-refractivity contribution is -0.384. The van der Waals surface area contributed by atoms with Gasteiger partial charge >= 0.3 is 5.97 Å². The van der Waals surface area contributed by atoms with Crippen molar-refractivity contribution in [1.29, 1.82) is 0 Å². The van der Waals surface area contributed by atoms with Gasteiger partial charge < -0.3 is 9.30 Å². The molecule has 1 N–H and O–H groups in total. The largest absolute Gasteiger partial charge is 0.462 e. The molecule has 34 heavy (non-hydrogen) atoms. The molecule has 1 amide bonds. The van der Waals surface area contributed by atoms with Crippen molar-refractivity contribution in [2.24, 2.45) is 5.10 Å². The normalized spacial score (nSPS) is 10.9. The predicted molar refractivity (Wildman–Crippen MR) is 131 cm³/mol. The van der Waals surface area contributed by atoms with E-state index in [4.69, 9.17) is 4.74 Å². The maximum atomic E-state index is 12.1. The highest BCUT2D eigenvalue weighted by molar-refractivity contribution is 8.00. The number of thioether (sulfide) groups is 1. The molecule has 0 aliphatic rings. The Morgan fingerprint density at radius 2 is 1.82 bits per heavy atom. The molecule has 0 aliphatic carbocycles. The van der Waals surface area contributed by atoms with Crippen molar-refractivity contribution in [3.63, 3.8) is 0 Å². The lowest BCUT2D eigenvalue weighted by Crippen LogP contribution is -2.19. The number of amides is 1. The minimum Gasteiger partial charge on any atom is -0.462 e. The molecule has 10 heteroatoms. The molecule has 3 rings (SSSR count). The molecule has 9 nitrogen and oxygen atoms in total. The number of benzene rings is 2. The Balaban J connectivity index is 1.60. The van der Waals surface area contributed by atoms with E-state index in [1.165, 1.54) is 23.9 Å². The van der Waals surface area contributed by atoms with Crippen LogP contribution in [0.4, 0.5) is 5.69 Å². The lowest BCUT2D eigenvalue weighted by Gasteiger charge is -2.10. The average molecular weight is 481 g/mol. The summed E-state index contributed by atoms with van der Waals surface area (Å²) in [4.78, 5) is 34.9. The monoisotopic (exact) mass is 480 g/mol. The van der Waals surface area contributed by atoms with Gasteiger partial charge in [-0.3, -0.25) is 14.9 Å². The van der Waals surface area contributed by atoms with Crippen LogP contribution >= 0.6 is 11.8 Å². The van der Waals surface area contributed by atoms with E-state index in [0.29, 0.717) is 12.2 Å². The number of nitro groups is 1. The first kappa shape index (κ1) is 24.7. The number of nitrogens with one attached hydrogen (secondary N) is 1. The van der Waals surface area contributed by atoms with Crippen molar-refractivity contribution in [1.82, 2.24) is 9.99 Å². The maximum Gasteiger partial charge on any atom is 0.338 e. The third kappa shape index (κ3) is 6.10. The van der Waals surface area contributed by atoms with E-state index in [1.54, 1.807) is 37.4 Å². The van der Waals surface area contributed by atoms with Crippen LogP contribution in [-0.2, 0) is 9.53 Å². The Bertz CT molecular complexity index is 1220. The van der Waals surface area contributed by atoms with Gasteiger partial charge in [0.05, 0.1) is 29.1 Å². The molecule has 0 aliphatic heterocycles. The highest BCUT2D eigenvalue weighted by Gasteiger charge is 2.12.